The third kappa shape index (κ3) is 3.53. The van der Waals surface area contributed by atoms with Gasteiger partial charge >= 0.3 is 0 Å². The Bertz CT molecular complexity index is 881. The van der Waals surface area contributed by atoms with Crippen LogP contribution in [0, 0.1) is 6.92 Å². The Balaban J connectivity index is 1.41. The van der Waals surface area contributed by atoms with Crippen molar-refractivity contribution in [3.63, 3.8) is 0 Å². The smallest absolute Gasteiger partial charge is 0.272 e. The monoisotopic (exact) mass is 367 g/mol. The van der Waals surface area contributed by atoms with E-state index in [2.05, 4.69) is 24.9 Å². The first-order chi connectivity index (χ1) is 12.7. The molecule has 0 N–H and O–H groups in total. The molecule has 0 radical (unpaired) electrons. The van der Waals surface area contributed by atoms with E-state index in [-0.39, 0.29) is 5.91 Å². The van der Waals surface area contributed by atoms with Gasteiger partial charge in [0.05, 0.1) is 17.7 Å². The second-order valence-corrected chi connectivity index (χ2v) is 7.34. The summed E-state index contributed by atoms with van der Waals surface area (Å²) in [6.07, 6.45) is 5.72. The van der Waals surface area contributed by atoms with Crippen LogP contribution in [0.1, 0.15) is 46.5 Å². The fourth-order valence-corrected chi connectivity index (χ4v) is 4.02. The van der Waals surface area contributed by atoms with Crippen molar-refractivity contribution in [3.05, 3.63) is 64.4 Å². The van der Waals surface area contributed by atoms with Gasteiger partial charge in [0, 0.05) is 42.5 Å². The molecule has 1 aliphatic rings. The minimum absolute atomic E-state index is 0.0259. The number of thiazole rings is 1. The Kier molecular flexibility index (Phi) is 4.79. The van der Waals surface area contributed by atoms with E-state index in [0.717, 1.165) is 49.7 Å². The molecule has 0 spiro atoms. The fraction of sp³-hybridized carbons (Fsp3) is 0.368. The van der Waals surface area contributed by atoms with E-state index in [1.807, 2.05) is 41.9 Å². The minimum Gasteiger partial charge on any atom is -0.337 e. The zero-order valence-electron chi connectivity index (χ0n) is 14.7. The summed E-state index contributed by atoms with van der Waals surface area (Å²) >= 11 is 1.61. The van der Waals surface area contributed by atoms with Gasteiger partial charge in [-0.05, 0) is 31.9 Å². The molecule has 1 amide bonds. The van der Waals surface area contributed by atoms with Crippen molar-refractivity contribution in [2.45, 2.75) is 32.2 Å². The van der Waals surface area contributed by atoms with Crippen molar-refractivity contribution in [2.75, 3.05) is 13.1 Å². The number of pyridine rings is 1. The van der Waals surface area contributed by atoms with Crippen LogP contribution in [0.15, 0.2) is 41.5 Å². The molecule has 0 atom stereocenters. The molecule has 0 bridgehead atoms. The van der Waals surface area contributed by atoms with Crippen LogP contribution >= 0.6 is 11.3 Å². The highest BCUT2D eigenvalue weighted by atomic mass is 32.1. The normalized spacial score (nSPS) is 15.3. The van der Waals surface area contributed by atoms with Gasteiger partial charge < -0.3 is 9.47 Å². The number of nitrogens with zero attached hydrogens (tertiary/aromatic N) is 5. The van der Waals surface area contributed by atoms with Gasteiger partial charge in [0.2, 0.25) is 0 Å². The van der Waals surface area contributed by atoms with Crippen LogP contribution in [0.4, 0.5) is 0 Å². The average Bonchev–Trinajstić information content (AvgIpc) is 3.34. The van der Waals surface area contributed by atoms with E-state index >= 15 is 0 Å². The summed E-state index contributed by atoms with van der Waals surface area (Å²) in [6, 6.07) is 5.59. The summed E-state index contributed by atoms with van der Waals surface area (Å²) < 4.78 is 2.18. The molecule has 1 saturated heterocycles. The molecular formula is C19H21N5OS. The van der Waals surface area contributed by atoms with Gasteiger partial charge in [0.25, 0.3) is 5.91 Å². The third-order valence-corrected chi connectivity index (χ3v) is 5.45. The van der Waals surface area contributed by atoms with E-state index in [0.29, 0.717) is 11.6 Å². The molecule has 0 aromatic carbocycles. The van der Waals surface area contributed by atoms with Crippen LogP contribution in [0.25, 0.3) is 0 Å². The van der Waals surface area contributed by atoms with Crippen LogP contribution in [-0.2, 0) is 6.54 Å². The molecule has 1 fully saturated rings. The predicted octanol–water partition coefficient (Wildman–Crippen LogP) is 3.11. The van der Waals surface area contributed by atoms with Crippen molar-refractivity contribution in [1.29, 1.82) is 0 Å². The highest BCUT2D eigenvalue weighted by Gasteiger charge is 2.27. The summed E-state index contributed by atoms with van der Waals surface area (Å²) in [4.78, 5) is 27.9. The Labute approximate surface area is 156 Å². The van der Waals surface area contributed by atoms with Crippen molar-refractivity contribution >= 4 is 17.2 Å². The van der Waals surface area contributed by atoms with E-state index in [9.17, 15) is 4.79 Å². The first-order valence-electron chi connectivity index (χ1n) is 8.82. The summed E-state index contributed by atoms with van der Waals surface area (Å²) in [5.41, 5.74) is 4.32. The molecule has 3 aromatic heterocycles. The maximum absolute atomic E-state index is 12.7. The Morgan fingerprint density at radius 3 is 2.85 bits per heavy atom. The maximum Gasteiger partial charge on any atom is 0.272 e. The van der Waals surface area contributed by atoms with Gasteiger partial charge in [-0.25, -0.2) is 15.0 Å². The maximum atomic E-state index is 12.7. The van der Waals surface area contributed by atoms with E-state index in [1.54, 1.807) is 17.4 Å². The summed E-state index contributed by atoms with van der Waals surface area (Å²) in [5.74, 6) is 1.50. The lowest BCUT2D eigenvalue weighted by atomic mass is 9.95. The average molecular weight is 367 g/mol. The molecule has 0 aliphatic carbocycles. The molecule has 0 unspecified atom stereocenters. The SMILES string of the molecule is Cc1cccc(C(=O)N2CCC(c3nccn3Cc3cscn3)CC2)n1. The minimum atomic E-state index is 0.0259. The number of carbonyl (C=O) groups excluding carboxylic acids is 1. The number of aryl methyl sites for hydroxylation is 1. The summed E-state index contributed by atoms with van der Waals surface area (Å²) in [7, 11) is 0. The van der Waals surface area contributed by atoms with Gasteiger partial charge in [0.15, 0.2) is 0 Å². The van der Waals surface area contributed by atoms with Crippen molar-refractivity contribution in [1.82, 2.24) is 24.4 Å². The number of imidazole rings is 1. The Morgan fingerprint density at radius 1 is 1.27 bits per heavy atom. The van der Waals surface area contributed by atoms with Gasteiger partial charge in [-0.15, -0.1) is 11.3 Å². The van der Waals surface area contributed by atoms with E-state index in [1.165, 1.54) is 0 Å². The van der Waals surface area contributed by atoms with Crippen LogP contribution in [-0.4, -0.2) is 43.4 Å². The molecule has 6 nitrogen and oxygen atoms in total. The van der Waals surface area contributed by atoms with Crippen molar-refractivity contribution in [3.8, 4) is 0 Å². The van der Waals surface area contributed by atoms with Crippen LogP contribution in [0.3, 0.4) is 0 Å². The van der Waals surface area contributed by atoms with Gasteiger partial charge in [-0.3, -0.25) is 4.79 Å². The van der Waals surface area contributed by atoms with Crippen LogP contribution in [0.5, 0.6) is 0 Å². The van der Waals surface area contributed by atoms with Crippen LogP contribution in [0.2, 0.25) is 0 Å². The first-order valence-corrected chi connectivity index (χ1v) is 9.76. The number of carbonyl (C=O) groups is 1. The van der Waals surface area contributed by atoms with E-state index in [4.69, 9.17) is 0 Å². The Morgan fingerprint density at radius 2 is 2.12 bits per heavy atom. The second kappa shape index (κ2) is 7.37. The number of aromatic nitrogens is 4. The number of amides is 1. The Hall–Kier alpha value is -2.54. The lowest BCUT2D eigenvalue weighted by molar-refractivity contribution is 0.0704. The second-order valence-electron chi connectivity index (χ2n) is 6.62. The van der Waals surface area contributed by atoms with Crippen molar-refractivity contribution in [2.24, 2.45) is 0 Å². The molecule has 0 saturated carbocycles. The standard InChI is InChI=1S/C19H21N5OS/c1-14-3-2-4-17(22-14)19(25)23-8-5-15(6-9-23)18-20-7-10-24(18)11-16-12-26-13-21-16/h2-4,7,10,12-13,15H,5-6,8-9,11H2,1H3. The molecule has 7 heteroatoms. The lowest BCUT2D eigenvalue weighted by Gasteiger charge is -2.31. The summed E-state index contributed by atoms with van der Waals surface area (Å²) in [6.45, 7) is 4.14. The van der Waals surface area contributed by atoms with Gasteiger partial charge in [-0.1, -0.05) is 6.07 Å². The van der Waals surface area contributed by atoms with Crippen LogP contribution < -0.4 is 0 Å². The predicted molar refractivity (Wildman–Crippen MR) is 100 cm³/mol. The zero-order chi connectivity index (χ0) is 17.9. The number of hydrogen-bond donors (Lipinski definition) is 0. The quantitative estimate of drug-likeness (QED) is 0.711. The van der Waals surface area contributed by atoms with Gasteiger partial charge in [-0.2, -0.15) is 0 Å². The fourth-order valence-electron chi connectivity index (χ4n) is 3.47. The number of rotatable bonds is 4. The molecular weight excluding hydrogens is 346 g/mol. The molecule has 134 valence electrons. The highest BCUT2D eigenvalue weighted by molar-refractivity contribution is 7.07. The number of hydrogen-bond acceptors (Lipinski definition) is 5. The molecule has 4 rings (SSSR count). The van der Waals surface area contributed by atoms with Gasteiger partial charge in [0.1, 0.15) is 11.5 Å². The highest BCUT2D eigenvalue weighted by Crippen LogP contribution is 2.28. The number of piperidine rings is 1. The topological polar surface area (TPSA) is 63.9 Å². The number of likely N-dealkylation sites (tertiary alicyclic amines) is 1. The zero-order valence-corrected chi connectivity index (χ0v) is 15.5. The molecule has 1 aliphatic heterocycles. The summed E-state index contributed by atoms with van der Waals surface area (Å²) in [5, 5.41) is 2.07. The largest absolute Gasteiger partial charge is 0.337 e. The molecule has 3 aromatic rings. The third-order valence-electron chi connectivity index (χ3n) is 4.82. The molecule has 26 heavy (non-hydrogen) atoms. The lowest BCUT2D eigenvalue weighted by Crippen LogP contribution is -2.38. The van der Waals surface area contributed by atoms with Crippen molar-refractivity contribution < 1.29 is 4.79 Å². The molecule has 4 heterocycles. The first kappa shape index (κ1) is 16.9. The van der Waals surface area contributed by atoms with E-state index < -0.39 is 0 Å².